The smallest absolute Gasteiger partial charge is 0.310 e. The van der Waals surface area contributed by atoms with E-state index in [2.05, 4.69) is 12.2 Å². The molecule has 0 saturated heterocycles. The van der Waals surface area contributed by atoms with Crippen LogP contribution < -0.4 is 10.1 Å². The van der Waals surface area contributed by atoms with Gasteiger partial charge in [-0.3, -0.25) is 4.79 Å². The number of esters is 1. The van der Waals surface area contributed by atoms with Gasteiger partial charge in [0.15, 0.2) is 0 Å². The molecule has 0 atom stereocenters. The third-order valence-corrected chi connectivity index (χ3v) is 1.95. The zero-order valence-corrected chi connectivity index (χ0v) is 9.25. The molecule has 0 unspecified atom stereocenters. The minimum absolute atomic E-state index is 0.204. The number of carbonyl (C=O) groups is 1. The highest BCUT2D eigenvalue weighted by atomic mass is 16.5. The lowest BCUT2D eigenvalue weighted by Gasteiger charge is -2.06. The first-order valence-corrected chi connectivity index (χ1v) is 5.31. The summed E-state index contributed by atoms with van der Waals surface area (Å²) in [5.74, 6) is 0.396. The number of carbonyl (C=O) groups excluding carboxylic acids is 1. The Morgan fingerprint density at radius 2 is 1.93 bits per heavy atom. The predicted octanol–water partition coefficient (Wildman–Crippen LogP) is 2.82. The van der Waals surface area contributed by atoms with E-state index in [4.69, 9.17) is 4.74 Å². The Labute approximate surface area is 90.4 Å². The van der Waals surface area contributed by atoms with E-state index in [-0.39, 0.29) is 5.97 Å². The molecule has 1 aromatic rings. The van der Waals surface area contributed by atoms with Crippen LogP contribution in [-0.4, -0.2) is 12.5 Å². The Morgan fingerprint density at radius 3 is 2.47 bits per heavy atom. The van der Waals surface area contributed by atoms with Gasteiger partial charge < -0.3 is 10.1 Å². The van der Waals surface area contributed by atoms with Crippen LogP contribution in [0.2, 0.25) is 0 Å². The predicted molar refractivity (Wildman–Crippen MR) is 61.1 cm³/mol. The third kappa shape index (κ3) is 4.02. The molecule has 0 fully saturated rings. The summed E-state index contributed by atoms with van der Waals surface area (Å²) in [6, 6.07) is 7.42. The summed E-state index contributed by atoms with van der Waals surface area (Å²) in [7, 11) is 0. The van der Waals surface area contributed by atoms with Crippen LogP contribution in [-0.2, 0) is 4.79 Å². The Kier molecular flexibility index (Phi) is 4.68. The van der Waals surface area contributed by atoms with Crippen molar-refractivity contribution in [1.29, 1.82) is 0 Å². The van der Waals surface area contributed by atoms with Crippen LogP contribution in [0.15, 0.2) is 24.3 Å². The van der Waals surface area contributed by atoms with E-state index < -0.39 is 0 Å². The molecule has 0 bridgehead atoms. The molecule has 0 heterocycles. The highest BCUT2D eigenvalue weighted by Crippen LogP contribution is 2.15. The number of ether oxygens (including phenoxy) is 1. The quantitative estimate of drug-likeness (QED) is 0.596. The Balaban J connectivity index is 2.52. The summed E-state index contributed by atoms with van der Waals surface area (Å²) in [6.45, 7) is 4.85. The van der Waals surface area contributed by atoms with Crippen molar-refractivity contribution in [2.45, 2.75) is 26.7 Å². The fourth-order valence-corrected chi connectivity index (χ4v) is 1.11. The summed E-state index contributed by atoms with van der Waals surface area (Å²) in [4.78, 5) is 11.0. The third-order valence-electron chi connectivity index (χ3n) is 1.95. The zero-order valence-electron chi connectivity index (χ0n) is 9.25. The SMILES string of the molecule is CCCNc1ccc(OC(=O)CC)cc1. The number of rotatable bonds is 5. The average molecular weight is 207 g/mol. The maximum atomic E-state index is 11.0. The molecule has 82 valence electrons. The maximum absolute atomic E-state index is 11.0. The second kappa shape index (κ2) is 6.06. The molecule has 0 aliphatic carbocycles. The first-order chi connectivity index (χ1) is 7.26. The number of hydrogen-bond acceptors (Lipinski definition) is 3. The van der Waals surface area contributed by atoms with Crippen LogP contribution in [0.5, 0.6) is 5.75 Å². The molecule has 0 aliphatic rings. The van der Waals surface area contributed by atoms with Gasteiger partial charge in [-0.25, -0.2) is 0 Å². The van der Waals surface area contributed by atoms with E-state index in [1.165, 1.54) is 0 Å². The van der Waals surface area contributed by atoms with E-state index in [0.29, 0.717) is 12.2 Å². The van der Waals surface area contributed by atoms with Crippen LogP contribution in [0.3, 0.4) is 0 Å². The first-order valence-electron chi connectivity index (χ1n) is 5.31. The lowest BCUT2D eigenvalue weighted by molar-refractivity contribution is -0.134. The van der Waals surface area contributed by atoms with Crippen molar-refractivity contribution < 1.29 is 9.53 Å². The van der Waals surface area contributed by atoms with Crippen molar-refractivity contribution in [1.82, 2.24) is 0 Å². The van der Waals surface area contributed by atoms with Gasteiger partial charge in [-0.1, -0.05) is 13.8 Å². The molecule has 1 aromatic carbocycles. The summed E-state index contributed by atoms with van der Waals surface area (Å²) < 4.78 is 5.06. The molecule has 15 heavy (non-hydrogen) atoms. The normalized spacial score (nSPS) is 9.73. The van der Waals surface area contributed by atoms with Crippen molar-refractivity contribution >= 4 is 11.7 Å². The lowest BCUT2D eigenvalue weighted by atomic mass is 10.3. The van der Waals surface area contributed by atoms with Gasteiger partial charge in [0.1, 0.15) is 5.75 Å². The largest absolute Gasteiger partial charge is 0.427 e. The molecule has 0 radical (unpaired) electrons. The molecular formula is C12H17NO2. The van der Waals surface area contributed by atoms with E-state index in [1.807, 2.05) is 12.1 Å². The van der Waals surface area contributed by atoms with Crippen LogP contribution in [0, 0.1) is 0 Å². The summed E-state index contributed by atoms with van der Waals surface area (Å²) in [5, 5.41) is 3.25. The van der Waals surface area contributed by atoms with Crippen LogP contribution in [0.4, 0.5) is 5.69 Å². The fraction of sp³-hybridized carbons (Fsp3) is 0.417. The Hall–Kier alpha value is -1.51. The van der Waals surface area contributed by atoms with Crippen molar-refractivity contribution in [3.63, 3.8) is 0 Å². The van der Waals surface area contributed by atoms with Crippen LogP contribution >= 0.6 is 0 Å². The van der Waals surface area contributed by atoms with Gasteiger partial charge in [0.2, 0.25) is 0 Å². The van der Waals surface area contributed by atoms with Crippen molar-refractivity contribution in [3.05, 3.63) is 24.3 Å². The highest BCUT2D eigenvalue weighted by Gasteiger charge is 2.00. The van der Waals surface area contributed by atoms with Crippen LogP contribution in [0.25, 0.3) is 0 Å². The summed E-state index contributed by atoms with van der Waals surface area (Å²) in [5.41, 5.74) is 1.05. The minimum Gasteiger partial charge on any atom is -0.427 e. The zero-order chi connectivity index (χ0) is 11.1. The molecule has 0 aliphatic heterocycles. The van der Waals surface area contributed by atoms with Crippen molar-refractivity contribution in [2.24, 2.45) is 0 Å². The Morgan fingerprint density at radius 1 is 1.27 bits per heavy atom. The molecule has 0 amide bonds. The van der Waals surface area contributed by atoms with Crippen molar-refractivity contribution in [3.8, 4) is 5.75 Å². The Bertz CT molecular complexity index is 306. The van der Waals surface area contributed by atoms with E-state index in [0.717, 1.165) is 18.7 Å². The van der Waals surface area contributed by atoms with Gasteiger partial charge >= 0.3 is 5.97 Å². The number of anilines is 1. The van der Waals surface area contributed by atoms with Gasteiger partial charge in [-0.05, 0) is 30.7 Å². The monoisotopic (exact) mass is 207 g/mol. The van der Waals surface area contributed by atoms with Gasteiger partial charge in [0.25, 0.3) is 0 Å². The fourth-order valence-electron chi connectivity index (χ4n) is 1.11. The molecule has 0 saturated carbocycles. The minimum atomic E-state index is -0.204. The van der Waals surface area contributed by atoms with Crippen molar-refractivity contribution in [2.75, 3.05) is 11.9 Å². The molecule has 1 rings (SSSR count). The van der Waals surface area contributed by atoms with Gasteiger partial charge in [0.05, 0.1) is 0 Å². The second-order valence-electron chi connectivity index (χ2n) is 3.28. The van der Waals surface area contributed by atoms with Crippen LogP contribution in [0.1, 0.15) is 26.7 Å². The maximum Gasteiger partial charge on any atom is 0.310 e. The second-order valence-corrected chi connectivity index (χ2v) is 3.28. The van der Waals surface area contributed by atoms with E-state index in [9.17, 15) is 4.79 Å². The molecule has 3 heteroatoms. The van der Waals surface area contributed by atoms with Gasteiger partial charge in [-0.15, -0.1) is 0 Å². The first kappa shape index (κ1) is 11.6. The summed E-state index contributed by atoms with van der Waals surface area (Å²) in [6.07, 6.45) is 1.49. The molecule has 3 nitrogen and oxygen atoms in total. The summed E-state index contributed by atoms with van der Waals surface area (Å²) >= 11 is 0. The number of nitrogens with one attached hydrogen (secondary N) is 1. The topological polar surface area (TPSA) is 38.3 Å². The molecule has 1 N–H and O–H groups in total. The standard InChI is InChI=1S/C12H17NO2/c1-3-9-13-10-5-7-11(8-6-10)15-12(14)4-2/h5-8,13H,3-4,9H2,1-2H3. The van der Waals surface area contributed by atoms with Gasteiger partial charge in [-0.2, -0.15) is 0 Å². The number of hydrogen-bond donors (Lipinski definition) is 1. The van der Waals surface area contributed by atoms with Gasteiger partial charge in [0, 0.05) is 18.7 Å². The van der Waals surface area contributed by atoms with E-state index in [1.54, 1.807) is 19.1 Å². The average Bonchev–Trinajstić information content (AvgIpc) is 2.28. The highest BCUT2D eigenvalue weighted by molar-refractivity contribution is 5.72. The molecular weight excluding hydrogens is 190 g/mol. The van der Waals surface area contributed by atoms with E-state index >= 15 is 0 Å². The molecule has 0 aromatic heterocycles. The number of benzene rings is 1. The lowest BCUT2D eigenvalue weighted by Crippen LogP contribution is -2.05. The molecule has 0 spiro atoms.